The van der Waals surface area contributed by atoms with E-state index in [-0.39, 0.29) is 11.8 Å². The molecule has 0 aliphatic carbocycles. The molecule has 0 amide bonds. The smallest absolute Gasteiger partial charge is 0.153 e. The molecule has 0 spiro atoms. The van der Waals surface area contributed by atoms with Gasteiger partial charge in [0.2, 0.25) is 0 Å². The number of hydrogen-bond donors (Lipinski definition) is 1. The van der Waals surface area contributed by atoms with Gasteiger partial charge in [0, 0.05) is 6.42 Å². The van der Waals surface area contributed by atoms with E-state index in [1.54, 1.807) is 6.92 Å². The number of ketones is 1. The number of Topliss-reactive ketones (excluding diaryl/α,β-unsaturated/α-hetero) is 1. The first-order chi connectivity index (χ1) is 7.00. The predicted octanol–water partition coefficient (Wildman–Crippen LogP) is 2.27. The van der Waals surface area contributed by atoms with Crippen LogP contribution in [0.3, 0.4) is 0 Å². The van der Waals surface area contributed by atoms with Gasteiger partial charge in [-0.2, -0.15) is 0 Å². The molecule has 0 saturated carbocycles. The summed E-state index contributed by atoms with van der Waals surface area (Å²) in [5.41, 5.74) is 7.85. The van der Waals surface area contributed by atoms with Gasteiger partial charge in [0.15, 0.2) is 5.78 Å². The zero-order chi connectivity index (χ0) is 11.4. The minimum absolute atomic E-state index is 0.0901. The Morgan fingerprint density at radius 3 is 2.13 bits per heavy atom. The third-order valence-corrected chi connectivity index (χ3v) is 2.53. The van der Waals surface area contributed by atoms with Gasteiger partial charge in [0.05, 0.1) is 6.04 Å². The van der Waals surface area contributed by atoms with Crippen LogP contribution in [0, 0.1) is 0 Å². The first-order valence-corrected chi connectivity index (χ1v) is 5.38. The van der Waals surface area contributed by atoms with Crippen molar-refractivity contribution in [3.05, 3.63) is 35.4 Å². The molecule has 0 saturated heterocycles. The molecule has 15 heavy (non-hydrogen) atoms. The third-order valence-electron chi connectivity index (χ3n) is 2.53. The molecule has 2 heteroatoms. The van der Waals surface area contributed by atoms with Crippen LogP contribution in [0.25, 0.3) is 0 Å². The van der Waals surface area contributed by atoms with Gasteiger partial charge >= 0.3 is 0 Å². The molecule has 0 aromatic heterocycles. The Bertz CT molecular complexity index is 325. The Labute approximate surface area is 91.5 Å². The van der Waals surface area contributed by atoms with E-state index < -0.39 is 0 Å². The van der Waals surface area contributed by atoms with E-state index in [0.717, 1.165) is 5.56 Å². The van der Waals surface area contributed by atoms with Crippen molar-refractivity contribution >= 4 is 5.78 Å². The lowest BCUT2D eigenvalue weighted by Gasteiger charge is -2.07. The largest absolute Gasteiger partial charge is 0.322 e. The van der Waals surface area contributed by atoms with E-state index in [2.05, 4.69) is 26.0 Å². The molecule has 0 radical (unpaired) electrons. The summed E-state index contributed by atoms with van der Waals surface area (Å²) in [5.74, 6) is 0.621. The van der Waals surface area contributed by atoms with E-state index >= 15 is 0 Å². The fraction of sp³-hybridized carbons (Fsp3) is 0.462. The maximum atomic E-state index is 11.4. The molecule has 1 aromatic carbocycles. The second kappa shape index (κ2) is 5.08. The van der Waals surface area contributed by atoms with E-state index in [1.165, 1.54) is 5.56 Å². The van der Waals surface area contributed by atoms with Crippen LogP contribution in [-0.4, -0.2) is 11.8 Å². The van der Waals surface area contributed by atoms with Crippen LogP contribution >= 0.6 is 0 Å². The first-order valence-electron chi connectivity index (χ1n) is 5.38. The minimum atomic E-state index is -0.366. The van der Waals surface area contributed by atoms with Gasteiger partial charge in [0.25, 0.3) is 0 Å². The second-order valence-electron chi connectivity index (χ2n) is 4.33. The average Bonchev–Trinajstić information content (AvgIpc) is 2.18. The summed E-state index contributed by atoms with van der Waals surface area (Å²) in [4.78, 5) is 11.4. The van der Waals surface area contributed by atoms with Crippen molar-refractivity contribution in [1.82, 2.24) is 0 Å². The highest BCUT2D eigenvalue weighted by molar-refractivity contribution is 5.85. The molecule has 0 aliphatic heterocycles. The van der Waals surface area contributed by atoms with Crippen molar-refractivity contribution in [1.29, 1.82) is 0 Å². The Balaban J connectivity index is 2.69. The Kier molecular flexibility index (Phi) is 4.04. The Morgan fingerprint density at radius 1 is 1.20 bits per heavy atom. The molecule has 82 valence electrons. The summed E-state index contributed by atoms with van der Waals surface area (Å²) in [6.45, 7) is 6.04. The molecule has 1 rings (SSSR count). The van der Waals surface area contributed by atoms with Crippen molar-refractivity contribution in [2.45, 2.75) is 39.2 Å². The highest BCUT2D eigenvalue weighted by atomic mass is 16.1. The zero-order valence-corrected chi connectivity index (χ0v) is 9.66. The SMILES string of the molecule is CC(N)C(=O)Cc1ccc(C(C)C)cc1. The first kappa shape index (κ1) is 11.9. The van der Waals surface area contributed by atoms with Crippen LogP contribution in [0.1, 0.15) is 37.8 Å². The van der Waals surface area contributed by atoms with E-state index in [9.17, 15) is 4.79 Å². The molecule has 1 atom stereocenters. The van der Waals surface area contributed by atoms with E-state index in [4.69, 9.17) is 5.73 Å². The predicted molar refractivity (Wildman–Crippen MR) is 62.9 cm³/mol. The standard InChI is InChI=1S/C13H19NO/c1-9(2)12-6-4-11(5-7-12)8-13(15)10(3)14/h4-7,9-10H,8,14H2,1-3H3. The molecule has 1 unspecified atom stereocenters. The quantitative estimate of drug-likeness (QED) is 0.819. The highest BCUT2D eigenvalue weighted by Gasteiger charge is 2.08. The molecular formula is C13H19NO. The van der Waals surface area contributed by atoms with Crippen molar-refractivity contribution in [3.63, 3.8) is 0 Å². The fourth-order valence-electron chi connectivity index (χ4n) is 1.38. The van der Waals surface area contributed by atoms with Crippen molar-refractivity contribution in [2.24, 2.45) is 5.73 Å². The topological polar surface area (TPSA) is 43.1 Å². The number of rotatable bonds is 4. The average molecular weight is 205 g/mol. The van der Waals surface area contributed by atoms with Crippen molar-refractivity contribution < 1.29 is 4.79 Å². The summed E-state index contributed by atoms with van der Waals surface area (Å²) in [6, 6.07) is 7.81. The van der Waals surface area contributed by atoms with E-state index in [0.29, 0.717) is 12.3 Å². The second-order valence-corrected chi connectivity index (χ2v) is 4.33. The van der Waals surface area contributed by atoms with Gasteiger partial charge in [-0.3, -0.25) is 4.79 Å². The van der Waals surface area contributed by atoms with Crippen molar-refractivity contribution in [2.75, 3.05) is 0 Å². The number of carbonyl (C=O) groups excluding carboxylic acids is 1. The van der Waals surface area contributed by atoms with Crippen LogP contribution in [0.2, 0.25) is 0 Å². The van der Waals surface area contributed by atoms with Crippen LogP contribution in [0.15, 0.2) is 24.3 Å². The summed E-state index contributed by atoms with van der Waals surface area (Å²) >= 11 is 0. The van der Waals surface area contributed by atoms with Crippen LogP contribution in [-0.2, 0) is 11.2 Å². The lowest BCUT2D eigenvalue weighted by Crippen LogP contribution is -2.28. The third kappa shape index (κ3) is 3.48. The fourth-order valence-corrected chi connectivity index (χ4v) is 1.38. The number of hydrogen-bond acceptors (Lipinski definition) is 2. The number of carbonyl (C=O) groups is 1. The summed E-state index contributed by atoms with van der Waals surface area (Å²) < 4.78 is 0. The number of benzene rings is 1. The van der Waals surface area contributed by atoms with E-state index in [1.807, 2.05) is 12.1 Å². The van der Waals surface area contributed by atoms with Gasteiger partial charge < -0.3 is 5.73 Å². The maximum Gasteiger partial charge on any atom is 0.153 e. The highest BCUT2D eigenvalue weighted by Crippen LogP contribution is 2.15. The summed E-state index contributed by atoms with van der Waals surface area (Å²) in [6.07, 6.45) is 0.441. The van der Waals surface area contributed by atoms with Gasteiger partial charge in [-0.1, -0.05) is 38.1 Å². The van der Waals surface area contributed by atoms with Gasteiger partial charge in [-0.25, -0.2) is 0 Å². The molecule has 1 aromatic rings. The van der Waals surface area contributed by atoms with Gasteiger partial charge in [-0.15, -0.1) is 0 Å². The molecule has 2 nitrogen and oxygen atoms in total. The zero-order valence-electron chi connectivity index (χ0n) is 9.66. The Morgan fingerprint density at radius 2 is 1.73 bits per heavy atom. The van der Waals surface area contributed by atoms with Crippen molar-refractivity contribution in [3.8, 4) is 0 Å². The van der Waals surface area contributed by atoms with Gasteiger partial charge in [-0.05, 0) is 24.0 Å². The van der Waals surface area contributed by atoms with Crippen LogP contribution in [0.4, 0.5) is 0 Å². The molecule has 0 bridgehead atoms. The lowest BCUT2D eigenvalue weighted by atomic mass is 9.99. The summed E-state index contributed by atoms with van der Waals surface area (Å²) in [7, 11) is 0. The monoisotopic (exact) mass is 205 g/mol. The van der Waals surface area contributed by atoms with Gasteiger partial charge in [0.1, 0.15) is 0 Å². The molecule has 2 N–H and O–H groups in total. The molecule has 0 fully saturated rings. The molecule has 0 aliphatic rings. The lowest BCUT2D eigenvalue weighted by molar-refractivity contribution is -0.119. The van der Waals surface area contributed by atoms with Crippen LogP contribution < -0.4 is 5.73 Å². The Hall–Kier alpha value is -1.15. The number of nitrogens with two attached hydrogens (primary N) is 1. The molecular weight excluding hydrogens is 186 g/mol. The normalized spacial score (nSPS) is 12.9. The van der Waals surface area contributed by atoms with Crippen LogP contribution in [0.5, 0.6) is 0 Å². The molecule has 0 heterocycles. The summed E-state index contributed by atoms with van der Waals surface area (Å²) in [5, 5.41) is 0. The minimum Gasteiger partial charge on any atom is -0.322 e. The maximum absolute atomic E-state index is 11.4.